The number of carboxylic acids is 1. The average Bonchev–Trinajstić information content (AvgIpc) is 2.76. The second-order valence-electron chi connectivity index (χ2n) is 5.51. The minimum absolute atomic E-state index is 0.0452. The highest BCUT2D eigenvalue weighted by atomic mass is 32.3. The molecule has 0 aromatic heterocycles. The maximum Gasteiger partial charge on any atom is 0.326 e. The number of benzene rings is 1. The Labute approximate surface area is 131 Å². The summed E-state index contributed by atoms with van der Waals surface area (Å²) in [7, 11) is -4.73. The van der Waals surface area contributed by atoms with Gasteiger partial charge in [-0.1, -0.05) is 12.1 Å². The summed E-state index contributed by atoms with van der Waals surface area (Å²) in [6.45, 7) is -0.139. The van der Waals surface area contributed by atoms with Crippen LogP contribution < -0.4 is 0 Å². The summed E-state index contributed by atoms with van der Waals surface area (Å²) >= 11 is 0. The number of halogens is 2. The summed E-state index contributed by atoms with van der Waals surface area (Å²) in [5, 5.41) is 9.33. The van der Waals surface area contributed by atoms with Gasteiger partial charge < -0.3 is 10.0 Å². The fourth-order valence-corrected chi connectivity index (χ4v) is 3.46. The molecule has 0 saturated carbocycles. The number of carbonyl (C=O) groups is 2. The smallest absolute Gasteiger partial charge is 0.326 e. The molecule has 23 heavy (non-hydrogen) atoms. The molecule has 0 bridgehead atoms. The van der Waals surface area contributed by atoms with Crippen LogP contribution in [-0.4, -0.2) is 48.6 Å². The Bertz CT molecular complexity index is 704. The lowest BCUT2D eigenvalue weighted by Crippen LogP contribution is -2.43. The zero-order valence-electron chi connectivity index (χ0n) is 12.0. The van der Waals surface area contributed by atoms with Gasteiger partial charge in [0, 0.05) is 25.3 Å². The number of amides is 1. The summed E-state index contributed by atoms with van der Waals surface area (Å²) in [6.07, 6.45) is -0.257. The van der Waals surface area contributed by atoms with E-state index in [1.807, 2.05) is 0 Å². The van der Waals surface area contributed by atoms with Gasteiger partial charge in [0.15, 0.2) is 0 Å². The first-order valence-corrected chi connectivity index (χ1v) is 8.40. The Kier molecular flexibility index (Phi) is 4.98. The van der Waals surface area contributed by atoms with Crippen molar-refractivity contribution in [1.29, 1.82) is 0 Å². The molecule has 0 spiro atoms. The molecule has 1 aliphatic heterocycles. The van der Waals surface area contributed by atoms with Crippen LogP contribution in [0.4, 0.5) is 8.28 Å². The van der Waals surface area contributed by atoms with Crippen molar-refractivity contribution in [3.63, 3.8) is 0 Å². The largest absolute Gasteiger partial charge is 0.480 e. The van der Waals surface area contributed by atoms with E-state index in [1.54, 1.807) is 0 Å². The first kappa shape index (κ1) is 17.3. The van der Waals surface area contributed by atoms with Crippen molar-refractivity contribution in [3.05, 3.63) is 35.6 Å². The number of nitrogens with zero attached hydrogens (tertiary/aromatic N) is 1. The maximum absolute atomic E-state index is 12.9. The van der Waals surface area contributed by atoms with Crippen molar-refractivity contribution in [2.45, 2.75) is 18.9 Å². The highest BCUT2D eigenvalue weighted by Crippen LogP contribution is 2.24. The lowest BCUT2D eigenvalue weighted by Gasteiger charge is -2.24. The molecule has 1 aromatic rings. The minimum Gasteiger partial charge on any atom is -0.480 e. The predicted molar refractivity (Wildman–Crippen MR) is 76.2 cm³/mol. The van der Waals surface area contributed by atoms with Crippen molar-refractivity contribution in [2.24, 2.45) is 5.92 Å². The second-order valence-corrected chi connectivity index (χ2v) is 6.92. The molecule has 0 radical (unpaired) electrons. The van der Waals surface area contributed by atoms with Crippen molar-refractivity contribution in [3.8, 4) is 0 Å². The molecule has 1 amide bonds. The van der Waals surface area contributed by atoms with E-state index in [9.17, 15) is 31.4 Å². The standard InChI is InChI=1S/C14H15F2NO5S/c15-11-3-1-9(2-4-11)5-12(14(19)20)17-7-10(6-13(17)18)8-23(16,21)22/h1-4,10,12H,5-8H2,(H,19,20)/t10?,12-/m0/s1. The normalized spacial score (nSPS) is 19.8. The van der Waals surface area contributed by atoms with Gasteiger partial charge in [0.05, 0.1) is 5.75 Å². The first-order chi connectivity index (χ1) is 10.7. The first-order valence-electron chi connectivity index (χ1n) is 6.85. The SMILES string of the molecule is O=C(O)[C@H](Cc1ccc(F)cc1)N1CC(CS(=O)(=O)F)CC1=O. The summed E-state index contributed by atoms with van der Waals surface area (Å²) in [6, 6.07) is 3.97. The molecule has 2 atom stereocenters. The third kappa shape index (κ3) is 4.72. The lowest BCUT2D eigenvalue weighted by molar-refractivity contribution is -0.148. The van der Waals surface area contributed by atoms with Crippen LogP contribution in [0.3, 0.4) is 0 Å². The summed E-state index contributed by atoms with van der Waals surface area (Å²) < 4.78 is 47.0. The van der Waals surface area contributed by atoms with Crippen LogP contribution in [0.25, 0.3) is 0 Å². The van der Waals surface area contributed by atoms with Crippen LogP contribution in [0.5, 0.6) is 0 Å². The molecule has 1 aliphatic rings. The Balaban J connectivity index is 2.13. The molecular weight excluding hydrogens is 332 g/mol. The van der Waals surface area contributed by atoms with Gasteiger partial charge in [0.25, 0.3) is 0 Å². The van der Waals surface area contributed by atoms with Gasteiger partial charge in [-0.3, -0.25) is 4.79 Å². The molecule has 2 rings (SSSR count). The molecule has 1 heterocycles. The predicted octanol–water partition coefficient (Wildman–Crippen LogP) is 0.969. The number of rotatable bonds is 6. The van der Waals surface area contributed by atoms with Crippen LogP contribution in [-0.2, 0) is 26.2 Å². The van der Waals surface area contributed by atoms with Crippen molar-refractivity contribution in [2.75, 3.05) is 12.3 Å². The summed E-state index contributed by atoms with van der Waals surface area (Å²) in [4.78, 5) is 24.4. The van der Waals surface area contributed by atoms with E-state index < -0.39 is 45.6 Å². The fourth-order valence-electron chi connectivity index (χ4n) is 2.68. The van der Waals surface area contributed by atoms with E-state index in [1.165, 1.54) is 24.3 Å². The van der Waals surface area contributed by atoms with Gasteiger partial charge in [0.1, 0.15) is 11.9 Å². The maximum atomic E-state index is 12.9. The van der Waals surface area contributed by atoms with Gasteiger partial charge in [-0.25, -0.2) is 9.18 Å². The number of carbonyl (C=O) groups excluding carboxylic acids is 1. The van der Waals surface area contributed by atoms with Crippen LogP contribution >= 0.6 is 0 Å². The molecule has 1 saturated heterocycles. The number of likely N-dealkylation sites (tertiary alicyclic amines) is 1. The van der Waals surface area contributed by atoms with E-state index in [2.05, 4.69) is 0 Å². The van der Waals surface area contributed by atoms with Gasteiger partial charge >= 0.3 is 16.2 Å². The van der Waals surface area contributed by atoms with E-state index in [4.69, 9.17) is 0 Å². The average molecular weight is 347 g/mol. The van der Waals surface area contributed by atoms with E-state index >= 15 is 0 Å². The van der Waals surface area contributed by atoms with Crippen LogP contribution in [0.15, 0.2) is 24.3 Å². The number of aliphatic carboxylic acids is 1. The lowest BCUT2D eigenvalue weighted by atomic mass is 10.0. The third-order valence-corrected chi connectivity index (χ3v) is 4.55. The van der Waals surface area contributed by atoms with Gasteiger partial charge in [-0.2, -0.15) is 8.42 Å². The van der Waals surface area contributed by atoms with Gasteiger partial charge in [-0.15, -0.1) is 3.89 Å². The molecule has 1 aromatic carbocycles. The molecule has 126 valence electrons. The topological polar surface area (TPSA) is 91.8 Å². The minimum atomic E-state index is -4.73. The fraction of sp³-hybridized carbons (Fsp3) is 0.429. The van der Waals surface area contributed by atoms with Gasteiger partial charge in [0.2, 0.25) is 5.91 Å². The Morgan fingerprint density at radius 3 is 2.48 bits per heavy atom. The highest BCUT2D eigenvalue weighted by Gasteiger charge is 2.39. The molecule has 1 unspecified atom stereocenters. The monoisotopic (exact) mass is 347 g/mol. The Hall–Kier alpha value is -2.03. The molecular formula is C14H15F2NO5S. The van der Waals surface area contributed by atoms with Crippen LogP contribution in [0.2, 0.25) is 0 Å². The molecule has 6 nitrogen and oxygen atoms in total. The molecule has 1 fully saturated rings. The summed E-state index contributed by atoms with van der Waals surface area (Å²) in [5.41, 5.74) is 0.521. The van der Waals surface area contributed by atoms with E-state index in [0.29, 0.717) is 5.56 Å². The number of hydrogen-bond acceptors (Lipinski definition) is 4. The Morgan fingerprint density at radius 1 is 1.35 bits per heavy atom. The zero-order chi connectivity index (χ0) is 17.2. The van der Waals surface area contributed by atoms with Crippen molar-refractivity contribution >= 4 is 22.1 Å². The molecule has 1 N–H and O–H groups in total. The Morgan fingerprint density at radius 2 is 1.96 bits per heavy atom. The zero-order valence-corrected chi connectivity index (χ0v) is 12.8. The van der Waals surface area contributed by atoms with Crippen LogP contribution in [0.1, 0.15) is 12.0 Å². The molecule has 0 aliphatic carbocycles. The van der Waals surface area contributed by atoms with Gasteiger partial charge in [-0.05, 0) is 17.7 Å². The van der Waals surface area contributed by atoms with E-state index in [0.717, 1.165) is 4.90 Å². The molecule has 9 heteroatoms. The van der Waals surface area contributed by atoms with Crippen LogP contribution in [0, 0.1) is 11.7 Å². The number of hydrogen-bond donors (Lipinski definition) is 1. The number of carboxylic acid groups (broad SMARTS) is 1. The van der Waals surface area contributed by atoms with Crippen molar-refractivity contribution < 1.29 is 31.4 Å². The quantitative estimate of drug-likeness (QED) is 0.774. The summed E-state index contributed by atoms with van der Waals surface area (Å²) in [5.74, 6) is -3.84. The highest BCUT2D eigenvalue weighted by molar-refractivity contribution is 7.86. The third-order valence-electron chi connectivity index (χ3n) is 3.68. The second kappa shape index (κ2) is 6.61. The van der Waals surface area contributed by atoms with E-state index in [-0.39, 0.29) is 19.4 Å². The van der Waals surface area contributed by atoms with Crippen molar-refractivity contribution in [1.82, 2.24) is 4.90 Å².